The summed E-state index contributed by atoms with van der Waals surface area (Å²) in [5.41, 5.74) is 1.85. The van der Waals surface area contributed by atoms with Crippen LogP contribution in [-0.2, 0) is 0 Å². The zero-order valence-electron chi connectivity index (χ0n) is 15.8. The summed E-state index contributed by atoms with van der Waals surface area (Å²) in [6.45, 7) is 0.858. The molecule has 0 spiro atoms. The lowest BCUT2D eigenvalue weighted by Gasteiger charge is -2.20. The van der Waals surface area contributed by atoms with Crippen LogP contribution in [0.1, 0.15) is 23.7 Å². The summed E-state index contributed by atoms with van der Waals surface area (Å²) in [6.07, 6.45) is 4.45. The average molecular weight is 379 g/mol. The van der Waals surface area contributed by atoms with E-state index in [1.807, 2.05) is 43.0 Å². The van der Waals surface area contributed by atoms with Crippen LogP contribution in [0.4, 0.5) is 16.0 Å². The number of nitrogens with zero attached hydrogens (tertiary/aromatic N) is 5. The highest BCUT2D eigenvalue weighted by molar-refractivity contribution is 5.71. The Labute approximate surface area is 162 Å². The number of benzene rings is 1. The van der Waals surface area contributed by atoms with Crippen molar-refractivity contribution < 1.29 is 4.39 Å². The van der Waals surface area contributed by atoms with Crippen molar-refractivity contribution >= 4 is 17.2 Å². The first-order valence-corrected chi connectivity index (χ1v) is 9.12. The van der Waals surface area contributed by atoms with E-state index in [1.165, 1.54) is 12.1 Å². The lowest BCUT2D eigenvalue weighted by atomic mass is 9.94. The number of anilines is 2. The smallest absolute Gasteiger partial charge is 0.159 e. The molecule has 0 aliphatic rings. The molecule has 1 aromatic carbocycles. The zero-order valence-corrected chi connectivity index (χ0v) is 15.8. The number of nitrogens with one attached hydrogen (secondary N) is 2. The standard InChI is InChI=1S/C20H22FN7/c1-27(2)13-10-16(14-5-7-15(21)8-6-14)19-24-20(23-18-9-11-22-25-18)17-4-3-12-28(17)26-19/h3-9,11-12,16H,10,13H2,1-2H3,(H2,22,23,24,25,26). The molecule has 0 aliphatic carbocycles. The van der Waals surface area contributed by atoms with Crippen molar-refractivity contribution in [2.75, 3.05) is 26.0 Å². The minimum absolute atomic E-state index is 0.0606. The summed E-state index contributed by atoms with van der Waals surface area (Å²) in [4.78, 5) is 6.93. The van der Waals surface area contributed by atoms with Gasteiger partial charge < -0.3 is 10.2 Å². The molecule has 0 radical (unpaired) electrons. The molecule has 0 saturated heterocycles. The Bertz CT molecular complexity index is 1040. The second-order valence-corrected chi connectivity index (χ2v) is 6.94. The average Bonchev–Trinajstić information content (AvgIpc) is 3.35. The molecule has 7 nitrogen and oxygen atoms in total. The van der Waals surface area contributed by atoms with E-state index in [0.29, 0.717) is 17.5 Å². The molecule has 1 unspecified atom stereocenters. The normalized spacial score (nSPS) is 12.6. The van der Waals surface area contributed by atoms with Gasteiger partial charge in [0.15, 0.2) is 17.5 Å². The maximum absolute atomic E-state index is 13.4. The number of hydrogen-bond acceptors (Lipinski definition) is 5. The number of H-pyrrole nitrogens is 1. The van der Waals surface area contributed by atoms with Gasteiger partial charge in [0, 0.05) is 24.4 Å². The van der Waals surface area contributed by atoms with Gasteiger partial charge in [-0.1, -0.05) is 12.1 Å². The van der Waals surface area contributed by atoms with Gasteiger partial charge in [-0.05, 0) is 56.9 Å². The van der Waals surface area contributed by atoms with E-state index in [9.17, 15) is 4.39 Å². The van der Waals surface area contributed by atoms with Gasteiger partial charge in [0.25, 0.3) is 0 Å². The van der Waals surface area contributed by atoms with Crippen LogP contribution in [0.25, 0.3) is 5.52 Å². The van der Waals surface area contributed by atoms with Gasteiger partial charge in [0.1, 0.15) is 11.3 Å². The number of rotatable bonds is 7. The Hall–Kier alpha value is -3.26. The first-order valence-electron chi connectivity index (χ1n) is 9.12. The lowest BCUT2D eigenvalue weighted by molar-refractivity contribution is 0.387. The number of aromatic nitrogens is 5. The minimum atomic E-state index is -0.252. The van der Waals surface area contributed by atoms with E-state index in [-0.39, 0.29) is 11.7 Å². The molecule has 0 saturated carbocycles. The summed E-state index contributed by atoms with van der Waals surface area (Å²) in [7, 11) is 4.06. The van der Waals surface area contributed by atoms with Crippen molar-refractivity contribution in [2.45, 2.75) is 12.3 Å². The quantitative estimate of drug-likeness (QED) is 0.515. The molecule has 28 heavy (non-hydrogen) atoms. The number of hydrogen-bond donors (Lipinski definition) is 2. The van der Waals surface area contributed by atoms with Crippen LogP contribution in [0.3, 0.4) is 0 Å². The van der Waals surface area contributed by atoms with E-state index < -0.39 is 0 Å². The third kappa shape index (κ3) is 3.86. The van der Waals surface area contributed by atoms with Crippen LogP contribution in [0.5, 0.6) is 0 Å². The summed E-state index contributed by atoms with van der Waals surface area (Å²) in [6, 6.07) is 12.3. The van der Waals surface area contributed by atoms with Crippen molar-refractivity contribution in [3.05, 3.63) is 72.1 Å². The van der Waals surface area contributed by atoms with Crippen LogP contribution in [0.15, 0.2) is 54.9 Å². The van der Waals surface area contributed by atoms with E-state index in [0.717, 1.165) is 24.0 Å². The van der Waals surface area contributed by atoms with E-state index in [2.05, 4.69) is 20.4 Å². The fourth-order valence-corrected chi connectivity index (χ4v) is 3.17. The van der Waals surface area contributed by atoms with Crippen LogP contribution < -0.4 is 5.32 Å². The van der Waals surface area contributed by atoms with Crippen molar-refractivity contribution in [1.82, 2.24) is 29.7 Å². The molecule has 3 heterocycles. The van der Waals surface area contributed by atoms with Crippen LogP contribution in [0, 0.1) is 5.82 Å². The van der Waals surface area contributed by atoms with E-state index >= 15 is 0 Å². The summed E-state index contributed by atoms with van der Waals surface area (Å²) in [5.74, 6) is 1.72. The molecule has 4 aromatic rings. The molecule has 2 N–H and O–H groups in total. The molecular formula is C20H22FN7. The Morgan fingerprint density at radius 3 is 2.71 bits per heavy atom. The van der Waals surface area contributed by atoms with Gasteiger partial charge in [-0.15, -0.1) is 0 Å². The second kappa shape index (κ2) is 7.77. The largest absolute Gasteiger partial charge is 0.322 e. The Morgan fingerprint density at radius 1 is 1.18 bits per heavy atom. The Morgan fingerprint density at radius 2 is 2.00 bits per heavy atom. The highest BCUT2D eigenvalue weighted by Gasteiger charge is 2.20. The van der Waals surface area contributed by atoms with Crippen molar-refractivity contribution in [2.24, 2.45) is 0 Å². The van der Waals surface area contributed by atoms with Gasteiger partial charge in [0.2, 0.25) is 0 Å². The van der Waals surface area contributed by atoms with Gasteiger partial charge in [-0.3, -0.25) is 5.10 Å². The van der Waals surface area contributed by atoms with E-state index in [4.69, 9.17) is 10.1 Å². The first kappa shape index (κ1) is 18.1. The fraction of sp³-hybridized carbons (Fsp3) is 0.250. The van der Waals surface area contributed by atoms with Crippen LogP contribution in [-0.4, -0.2) is 50.3 Å². The predicted molar refractivity (Wildman–Crippen MR) is 106 cm³/mol. The predicted octanol–water partition coefficient (Wildman–Crippen LogP) is 3.42. The summed E-state index contributed by atoms with van der Waals surface area (Å²) < 4.78 is 15.3. The lowest BCUT2D eigenvalue weighted by Crippen LogP contribution is -2.19. The molecule has 0 amide bonds. The molecular weight excluding hydrogens is 357 g/mol. The monoisotopic (exact) mass is 379 g/mol. The number of fused-ring (bicyclic) bond motifs is 1. The second-order valence-electron chi connectivity index (χ2n) is 6.94. The van der Waals surface area contributed by atoms with Crippen molar-refractivity contribution in [1.29, 1.82) is 0 Å². The number of aromatic amines is 1. The molecule has 1 atom stereocenters. The molecule has 4 rings (SSSR count). The number of halogens is 1. The Kier molecular flexibility index (Phi) is 5.03. The van der Waals surface area contributed by atoms with Crippen LogP contribution >= 0.6 is 0 Å². The van der Waals surface area contributed by atoms with Gasteiger partial charge in [0.05, 0.1) is 0 Å². The SMILES string of the molecule is CN(C)CCC(c1ccc(F)cc1)c1nc(Nc2cc[nH]n2)c2cccn2n1. The first-order chi connectivity index (χ1) is 13.6. The zero-order chi connectivity index (χ0) is 19.5. The third-order valence-corrected chi connectivity index (χ3v) is 4.60. The highest BCUT2D eigenvalue weighted by Crippen LogP contribution is 2.28. The maximum atomic E-state index is 13.4. The fourth-order valence-electron chi connectivity index (χ4n) is 3.17. The van der Waals surface area contributed by atoms with Crippen molar-refractivity contribution in [3.63, 3.8) is 0 Å². The van der Waals surface area contributed by atoms with Gasteiger partial charge in [-0.25, -0.2) is 13.9 Å². The van der Waals surface area contributed by atoms with Crippen molar-refractivity contribution in [3.8, 4) is 0 Å². The maximum Gasteiger partial charge on any atom is 0.159 e. The van der Waals surface area contributed by atoms with Gasteiger partial charge in [-0.2, -0.15) is 10.2 Å². The molecule has 8 heteroatoms. The van der Waals surface area contributed by atoms with Crippen LogP contribution in [0.2, 0.25) is 0 Å². The molecule has 3 aromatic heterocycles. The topological polar surface area (TPSA) is 74.1 Å². The van der Waals surface area contributed by atoms with Gasteiger partial charge >= 0.3 is 0 Å². The third-order valence-electron chi connectivity index (χ3n) is 4.60. The molecule has 0 bridgehead atoms. The minimum Gasteiger partial charge on any atom is -0.322 e. The molecule has 0 aliphatic heterocycles. The molecule has 0 fully saturated rings. The summed E-state index contributed by atoms with van der Waals surface area (Å²) >= 11 is 0. The Balaban J connectivity index is 1.77. The molecule has 144 valence electrons. The van der Waals surface area contributed by atoms with E-state index in [1.54, 1.807) is 18.3 Å². The highest BCUT2D eigenvalue weighted by atomic mass is 19.1. The summed E-state index contributed by atoms with van der Waals surface area (Å²) in [5, 5.41) is 14.9.